The van der Waals surface area contributed by atoms with Gasteiger partial charge >= 0.3 is 0 Å². The Morgan fingerprint density at radius 3 is 2.56 bits per heavy atom. The van der Waals surface area contributed by atoms with E-state index in [1.807, 2.05) is 6.07 Å². The van der Waals surface area contributed by atoms with Crippen molar-refractivity contribution in [3.8, 4) is 0 Å². The Kier molecular flexibility index (Phi) is 6.40. The van der Waals surface area contributed by atoms with Gasteiger partial charge < -0.3 is 4.90 Å². The van der Waals surface area contributed by atoms with Crippen LogP contribution in [0.15, 0.2) is 53.9 Å². The highest BCUT2D eigenvalue weighted by Crippen LogP contribution is 2.24. The highest BCUT2D eigenvalue weighted by molar-refractivity contribution is 7.89. The van der Waals surface area contributed by atoms with Gasteiger partial charge in [0.15, 0.2) is 0 Å². The molecule has 2 aromatic rings. The van der Waals surface area contributed by atoms with Crippen LogP contribution in [0.2, 0.25) is 4.34 Å². The van der Waals surface area contributed by atoms with Crippen LogP contribution < -0.4 is 0 Å². The molecule has 0 N–H and O–H groups in total. The molecule has 0 saturated heterocycles. The first kappa shape index (κ1) is 19.7. The van der Waals surface area contributed by atoms with Crippen molar-refractivity contribution >= 4 is 38.9 Å². The van der Waals surface area contributed by atoms with Crippen LogP contribution in [-0.2, 0) is 16.6 Å². The average Bonchev–Trinajstić information content (AvgIpc) is 2.98. The third-order valence-electron chi connectivity index (χ3n) is 3.47. The zero-order chi connectivity index (χ0) is 18.6. The fraction of sp³-hybridized carbons (Fsp3) is 0.235. The minimum absolute atomic E-state index is 0.0843. The Labute approximate surface area is 157 Å². The van der Waals surface area contributed by atoms with Crippen LogP contribution in [0, 0.1) is 0 Å². The summed E-state index contributed by atoms with van der Waals surface area (Å²) in [5, 5.41) is 0. The fourth-order valence-electron chi connectivity index (χ4n) is 2.18. The number of rotatable bonds is 7. The van der Waals surface area contributed by atoms with Gasteiger partial charge in [0.05, 0.1) is 15.8 Å². The van der Waals surface area contributed by atoms with Gasteiger partial charge in [-0.3, -0.25) is 4.79 Å². The normalized spacial score (nSPS) is 11.5. The van der Waals surface area contributed by atoms with Crippen LogP contribution >= 0.6 is 22.9 Å². The van der Waals surface area contributed by atoms with Gasteiger partial charge in [-0.25, -0.2) is 12.7 Å². The molecule has 25 heavy (non-hydrogen) atoms. The lowest BCUT2D eigenvalue weighted by atomic mass is 10.2. The van der Waals surface area contributed by atoms with Crippen molar-refractivity contribution in [1.82, 2.24) is 9.21 Å². The number of nitrogens with zero attached hydrogens (tertiary/aromatic N) is 2. The van der Waals surface area contributed by atoms with Gasteiger partial charge in [-0.05, 0) is 30.3 Å². The van der Waals surface area contributed by atoms with E-state index in [4.69, 9.17) is 11.6 Å². The molecule has 0 spiro atoms. The molecule has 0 aliphatic heterocycles. The Morgan fingerprint density at radius 1 is 1.28 bits per heavy atom. The summed E-state index contributed by atoms with van der Waals surface area (Å²) in [6.45, 7) is 4.41. The quantitative estimate of drug-likeness (QED) is 0.671. The van der Waals surface area contributed by atoms with Gasteiger partial charge in [0.2, 0.25) is 10.0 Å². The molecule has 1 aromatic carbocycles. The van der Waals surface area contributed by atoms with Gasteiger partial charge in [-0.2, -0.15) is 0 Å². The second kappa shape index (κ2) is 8.14. The molecule has 0 unspecified atom stereocenters. The lowest BCUT2D eigenvalue weighted by Crippen LogP contribution is -2.30. The van der Waals surface area contributed by atoms with E-state index >= 15 is 0 Å². The molecule has 8 heteroatoms. The number of amides is 1. The SMILES string of the molecule is C=CCN(Cc1ccc(Cl)s1)C(=O)c1cccc(S(=O)(=O)N(C)C)c1. The number of sulfonamides is 1. The van der Waals surface area contributed by atoms with Crippen LogP contribution in [0.5, 0.6) is 0 Å². The number of halogens is 1. The van der Waals surface area contributed by atoms with Crippen molar-refractivity contribution in [1.29, 1.82) is 0 Å². The number of carbonyl (C=O) groups is 1. The smallest absolute Gasteiger partial charge is 0.254 e. The molecule has 0 aliphatic carbocycles. The maximum atomic E-state index is 12.8. The monoisotopic (exact) mass is 398 g/mol. The Morgan fingerprint density at radius 2 is 2.00 bits per heavy atom. The largest absolute Gasteiger partial charge is 0.330 e. The standard InChI is InChI=1S/C17H19ClN2O3S2/c1-4-10-20(12-14-8-9-16(18)24-14)17(21)13-6-5-7-15(11-13)25(22,23)19(2)3/h4-9,11H,1,10,12H2,2-3H3. The highest BCUT2D eigenvalue weighted by Gasteiger charge is 2.21. The molecule has 5 nitrogen and oxygen atoms in total. The van der Waals surface area contributed by atoms with E-state index in [0.29, 0.717) is 23.0 Å². The summed E-state index contributed by atoms with van der Waals surface area (Å²) in [5.74, 6) is -0.264. The molecule has 1 aromatic heterocycles. The third kappa shape index (κ3) is 4.70. The maximum absolute atomic E-state index is 12.8. The predicted molar refractivity (Wildman–Crippen MR) is 102 cm³/mol. The van der Waals surface area contributed by atoms with E-state index in [1.54, 1.807) is 29.2 Å². The number of benzene rings is 1. The Bertz CT molecular complexity index is 876. The molecule has 0 bridgehead atoms. The number of thiophene rings is 1. The molecular formula is C17H19ClN2O3S2. The predicted octanol–water partition coefficient (Wildman–Crippen LogP) is 3.48. The van der Waals surface area contributed by atoms with Crippen LogP contribution in [0.1, 0.15) is 15.2 Å². The Hall–Kier alpha value is -1.67. The molecule has 2 rings (SSSR count). The molecule has 1 amide bonds. The van der Waals surface area contributed by atoms with E-state index in [9.17, 15) is 13.2 Å². The van der Waals surface area contributed by atoms with Gasteiger partial charge in [0.25, 0.3) is 5.91 Å². The van der Waals surface area contributed by atoms with Crippen molar-refractivity contribution < 1.29 is 13.2 Å². The van der Waals surface area contributed by atoms with Crippen LogP contribution in [0.4, 0.5) is 0 Å². The Balaban J connectivity index is 2.31. The minimum atomic E-state index is -3.60. The van der Waals surface area contributed by atoms with E-state index in [0.717, 1.165) is 9.18 Å². The summed E-state index contributed by atoms with van der Waals surface area (Å²) in [4.78, 5) is 15.5. The summed E-state index contributed by atoms with van der Waals surface area (Å²) in [5.41, 5.74) is 0.312. The van der Waals surface area contributed by atoms with E-state index in [-0.39, 0.29) is 10.8 Å². The molecule has 0 fully saturated rings. The summed E-state index contributed by atoms with van der Waals surface area (Å²) in [7, 11) is -0.694. The first-order valence-corrected chi connectivity index (χ1v) is 10.1. The molecule has 0 atom stereocenters. The van der Waals surface area contributed by atoms with Crippen LogP contribution in [0.3, 0.4) is 0 Å². The molecular weight excluding hydrogens is 380 g/mol. The summed E-state index contributed by atoms with van der Waals surface area (Å²) < 4.78 is 26.3. The van der Waals surface area contributed by atoms with Crippen molar-refractivity contribution in [3.63, 3.8) is 0 Å². The second-order valence-corrected chi connectivity index (χ2v) is 9.45. The maximum Gasteiger partial charge on any atom is 0.254 e. The zero-order valence-electron chi connectivity index (χ0n) is 14.0. The van der Waals surface area contributed by atoms with Gasteiger partial charge in [-0.15, -0.1) is 17.9 Å². The first-order valence-electron chi connectivity index (χ1n) is 7.42. The van der Waals surface area contributed by atoms with Crippen molar-refractivity contribution in [2.45, 2.75) is 11.4 Å². The third-order valence-corrected chi connectivity index (χ3v) is 6.50. The molecule has 0 aliphatic rings. The van der Waals surface area contributed by atoms with E-state index in [2.05, 4.69) is 6.58 Å². The number of hydrogen-bond donors (Lipinski definition) is 0. The van der Waals surface area contributed by atoms with Gasteiger partial charge in [0.1, 0.15) is 0 Å². The summed E-state index contributed by atoms with van der Waals surface area (Å²) in [6.07, 6.45) is 1.63. The van der Waals surface area contributed by atoms with Crippen LogP contribution in [-0.4, -0.2) is 44.2 Å². The summed E-state index contributed by atoms with van der Waals surface area (Å²) in [6, 6.07) is 9.69. The minimum Gasteiger partial charge on any atom is -0.330 e. The van der Waals surface area contributed by atoms with E-state index in [1.165, 1.54) is 37.6 Å². The molecule has 1 heterocycles. The van der Waals surface area contributed by atoms with Gasteiger partial charge in [0, 0.05) is 31.1 Å². The van der Waals surface area contributed by atoms with Crippen molar-refractivity contribution in [3.05, 3.63) is 63.8 Å². The topological polar surface area (TPSA) is 57.7 Å². The van der Waals surface area contributed by atoms with Crippen molar-refractivity contribution in [2.75, 3.05) is 20.6 Å². The number of carbonyl (C=O) groups excluding carboxylic acids is 1. The lowest BCUT2D eigenvalue weighted by Gasteiger charge is -2.21. The number of hydrogen-bond acceptors (Lipinski definition) is 4. The first-order chi connectivity index (χ1) is 11.8. The molecule has 0 radical (unpaired) electrons. The lowest BCUT2D eigenvalue weighted by molar-refractivity contribution is 0.0764. The fourth-order valence-corrected chi connectivity index (χ4v) is 4.23. The average molecular weight is 399 g/mol. The second-order valence-electron chi connectivity index (χ2n) is 5.50. The zero-order valence-corrected chi connectivity index (χ0v) is 16.4. The van der Waals surface area contributed by atoms with Gasteiger partial charge in [-0.1, -0.05) is 23.7 Å². The van der Waals surface area contributed by atoms with E-state index < -0.39 is 10.0 Å². The molecule has 134 valence electrons. The summed E-state index contributed by atoms with van der Waals surface area (Å²) >= 11 is 7.34. The van der Waals surface area contributed by atoms with Crippen LogP contribution in [0.25, 0.3) is 0 Å². The highest BCUT2D eigenvalue weighted by atomic mass is 35.5. The van der Waals surface area contributed by atoms with Crippen molar-refractivity contribution in [2.24, 2.45) is 0 Å². The molecule has 0 saturated carbocycles.